The van der Waals surface area contributed by atoms with Crippen LogP contribution >= 0.6 is 0 Å². The number of carbonyl (C=O) groups excluding carboxylic acids is 2. The van der Waals surface area contributed by atoms with Gasteiger partial charge in [0.1, 0.15) is 6.04 Å². The molecule has 21 heavy (non-hydrogen) atoms. The van der Waals surface area contributed by atoms with Gasteiger partial charge in [-0.1, -0.05) is 6.92 Å². The fourth-order valence-electron chi connectivity index (χ4n) is 2.37. The summed E-state index contributed by atoms with van der Waals surface area (Å²) in [4.78, 5) is 35.4. The van der Waals surface area contributed by atoms with Crippen LogP contribution < -0.4 is 5.32 Å². The summed E-state index contributed by atoms with van der Waals surface area (Å²) in [6.45, 7) is 4.05. The van der Waals surface area contributed by atoms with E-state index in [9.17, 15) is 19.7 Å². The van der Waals surface area contributed by atoms with Gasteiger partial charge in [0.05, 0.1) is 11.3 Å². The molecule has 112 valence electrons. The molecule has 1 atom stereocenters. The third kappa shape index (κ3) is 3.01. The zero-order valence-electron chi connectivity index (χ0n) is 12.0. The molecule has 1 aliphatic rings. The van der Waals surface area contributed by atoms with Gasteiger partial charge in [-0.05, 0) is 25.0 Å². The largest absolute Gasteiger partial charge is 0.373 e. The van der Waals surface area contributed by atoms with Gasteiger partial charge in [-0.25, -0.2) is 0 Å². The topological polar surface area (TPSA) is 92.6 Å². The molecule has 0 aliphatic carbocycles. The van der Waals surface area contributed by atoms with Crippen molar-refractivity contribution in [1.29, 1.82) is 0 Å². The molecule has 0 bridgehead atoms. The summed E-state index contributed by atoms with van der Waals surface area (Å²) in [7, 11) is 0. The van der Waals surface area contributed by atoms with Crippen LogP contribution in [-0.2, 0) is 9.59 Å². The number of benzene rings is 1. The molecule has 0 spiro atoms. The Kier molecular flexibility index (Phi) is 4.21. The van der Waals surface area contributed by atoms with Crippen LogP contribution in [0, 0.1) is 17.0 Å². The number of nitro groups is 1. The number of hydrogen-bond donors (Lipinski definition) is 1. The number of hydrogen-bond acceptors (Lipinski definition) is 5. The first kappa shape index (κ1) is 15.0. The Morgan fingerprint density at radius 1 is 1.43 bits per heavy atom. The normalized spacial score (nSPS) is 18.2. The van der Waals surface area contributed by atoms with E-state index in [4.69, 9.17) is 0 Å². The Balaban J connectivity index is 2.14. The monoisotopic (exact) mass is 291 g/mol. The molecule has 1 saturated heterocycles. The summed E-state index contributed by atoms with van der Waals surface area (Å²) in [5.41, 5.74) is 1.29. The molecule has 1 N–H and O–H groups in total. The van der Waals surface area contributed by atoms with Gasteiger partial charge in [0.25, 0.3) is 11.6 Å². The number of rotatable bonds is 5. The van der Waals surface area contributed by atoms with E-state index in [1.165, 1.54) is 17.0 Å². The van der Waals surface area contributed by atoms with E-state index in [1.807, 2.05) is 6.92 Å². The highest BCUT2D eigenvalue weighted by Crippen LogP contribution is 2.24. The van der Waals surface area contributed by atoms with E-state index >= 15 is 0 Å². The second-order valence-electron chi connectivity index (χ2n) is 5.04. The smallest absolute Gasteiger partial charge is 0.269 e. The van der Waals surface area contributed by atoms with Gasteiger partial charge in [0.2, 0.25) is 5.91 Å². The van der Waals surface area contributed by atoms with Crippen LogP contribution in [0.25, 0.3) is 0 Å². The number of imide groups is 1. The van der Waals surface area contributed by atoms with E-state index in [-0.39, 0.29) is 23.9 Å². The van der Waals surface area contributed by atoms with E-state index in [0.717, 1.165) is 6.42 Å². The molecule has 0 aromatic heterocycles. The van der Waals surface area contributed by atoms with Crippen molar-refractivity contribution in [2.75, 3.05) is 11.9 Å². The van der Waals surface area contributed by atoms with Crippen molar-refractivity contribution in [1.82, 2.24) is 4.90 Å². The van der Waals surface area contributed by atoms with Crippen molar-refractivity contribution < 1.29 is 14.5 Å². The van der Waals surface area contributed by atoms with Gasteiger partial charge < -0.3 is 5.32 Å². The highest BCUT2D eigenvalue weighted by Gasteiger charge is 2.38. The highest BCUT2D eigenvalue weighted by molar-refractivity contribution is 6.06. The van der Waals surface area contributed by atoms with Crippen LogP contribution in [0.15, 0.2) is 18.2 Å². The van der Waals surface area contributed by atoms with Crippen LogP contribution in [0.1, 0.15) is 25.3 Å². The van der Waals surface area contributed by atoms with Crippen molar-refractivity contribution in [3.05, 3.63) is 33.9 Å². The average Bonchev–Trinajstić information content (AvgIpc) is 2.69. The molecule has 7 heteroatoms. The third-order valence-corrected chi connectivity index (χ3v) is 3.44. The molecular weight excluding hydrogens is 274 g/mol. The molecule has 1 heterocycles. The second-order valence-corrected chi connectivity index (χ2v) is 5.04. The first-order chi connectivity index (χ1) is 9.93. The molecule has 7 nitrogen and oxygen atoms in total. The van der Waals surface area contributed by atoms with Crippen molar-refractivity contribution in [3.63, 3.8) is 0 Å². The quantitative estimate of drug-likeness (QED) is 0.507. The highest BCUT2D eigenvalue weighted by atomic mass is 16.6. The maximum atomic E-state index is 12.1. The standard InChI is InChI=1S/C14H17N3O4/c1-3-6-16-13(18)8-12(14(16)19)15-11-5-4-10(17(20)21)7-9(11)2/h4-5,7,12,15H,3,6,8H2,1-2H3. The van der Waals surface area contributed by atoms with Crippen molar-refractivity contribution in [2.45, 2.75) is 32.7 Å². The van der Waals surface area contributed by atoms with E-state index in [2.05, 4.69) is 5.32 Å². The van der Waals surface area contributed by atoms with Crippen LogP contribution in [0.2, 0.25) is 0 Å². The lowest BCUT2D eigenvalue weighted by atomic mass is 10.1. The predicted octanol–water partition coefficient (Wildman–Crippen LogP) is 1.85. The summed E-state index contributed by atoms with van der Waals surface area (Å²) in [5.74, 6) is -0.418. The SMILES string of the molecule is CCCN1C(=O)CC(Nc2ccc([N+](=O)[O-])cc2C)C1=O. The number of likely N-dealkylation sites (tertiary alicyclic amines) is 1. The summed E-state index contributed by atoms with van der Waals surface area (Å²) in [5, 5.41) is 13.7. The van der Waals surface area contributed by atoms with Crippen molar-refractivity contribution >= 4 is 23.2 Å². The second kappa shape index (κ2) is 5.90. The molecule has 1 aromatic rings. The Bertz CT molecular complexity index is 600. The van der Waals surface area contributed by atoms with Crippen LogP contribution in [0.4, 0.5) is 11.4 Å². The summed E-state index contributed by atoms with van der Waals surface area (Å²) in [6, 6.07) is 3.78. The molecule has 2 rings (SSSR count). The minimum absolute atomic E-state index is 0.000477. The summed E-state index contributed by atoms with van der Waals surface area (Å²) < 4.78 is 0. The Labute approximate surface area is 122 Å². The van der Waals surface area contributed by atoms with E-state index in [1.54, 1.807) is 13.0 Å². The van der Waals surface area contributed by atoms with E-state index in [0.29, 0.717) is 17.8 Å². The first-order valence-corrected chi connectivity index (χ1v) is 6.79. The van der Waals surface area contributed by atoms with Crippen molar-refractivity contribution in [3.8, 4) is 0 Å². The lowest BCUT2D eigenvalue weighted by Gasteiger charge is -2.16. The van der Waals surface area contributed by atoms with Crippen molar-refractivity contribution in [2.24, 2.45) is 0 Å². The lowest BCUT2D eigenvalue weighted by Crippen LogP contribution is -2.35. The fourth-order valence-corrected chi connectivity index (χ4v) is 2.37. The predicted molar refractivity (Wildman–Crippen MR) is 76.9 cm³/mol. The zero-order valence-corrected chi connectivity index (χ0v) is 12.0. The molecule has 1 unspecified atom stereocenters. The van der Waals surface area contributed by atoms with Gasteiger partial charge in [-0.15, -0.1) is 0 Å². The molecule has 2 amide bonds. The number of anilines is 1. The summed E-state index contributed by atoms with van der Waals surface area (Å²) in [6.07, 6.45) is 0.843. The minimum Gasteiger partial charge on any atom is -0.373 e. The van der Waals surface area contributed by atoms with E-state index < -0.39 is 11.0 Å². The van der Waals surface area contributed by atoms with Gasteiger partial charge in [-0.3, -0.25) is 24.6 Å². The number of carbonyl (C=O) groups is 2. The maximum absolute atomic E-state index is 12.1. The minimum atomic E-state index is -0.593. The zero-order chi connectivity index (χ0) is 15.6. The third-order valence-electron chi connectivity index (χ3n) is 3.44. The first-order valence-electron chi connectivity index (χ1n) is 6.79. The molecule has 1 aromatic carbocycles. The average molecular weight is 291 g/mol. The van der Waals surface area contributed by atoms with Crippen LogP contribution in [-0.4, -0.2) is 34.2 Å². The number of amides is 2. The Morgan fingerprint density at radius 3 is 2.71 bits per heavy atom. The van der Waals surface area contributed by atoms with Gasteiger partial charge in [-0.2, -0.15) is 0 Å². The Hall–Kier alpha value is -2.44. The van der Waals surface area contributed by atoms with Crippen LogP contribution in [0.3, 0.4) is 0 Å². The molecular formula is C14H17N3O4. The number of nitrogens with zero attached hydrogens (tertiary/aromatic N) is 2. The molecule has 1 aliphatic heterocycles. The number of non-ortho nitro benzene ring substituents is 1. The summed E-state index contributed by atoms with van der Waals surface area (Å²) >= 11 is 0. The molecule has 1 fully saturated rings. The molecule has 0 radical (unpaired) electrons. The maximum Gasteiger partial charge on any atom is 0.269 e. The van der Waals surface area contributed by atoms with Gasteiger partial charge in [0.15, 0.2) is 0 Å². The number of nitro benzene ring substituents is 1. The van der Waals surface area contributed by atoms with Crippen LogP contribution in [0.5, 0.6) is 0 Å². The van der Waals surface area contributed by atoms with Gasteiger partial charge in [0, 0.05) is 24.4 Å². The van der Waals surface area contributed by atoms with Gasteiger partial charge >= 0.3 is 0 Å². The fraction of sp³-hybridized carbons (Fsp3) is 0.429. The Morgan fingerprint density at radius 2 is 2.14 bits per heavy atom. The number of aryl methyl sites for hydroxylation is 1. The molecule has 0 saturated carbocycles. The number of nitrogens with one attached hydrogen (secondary N) is 1. The lowest BCUT2D eigenvalue weighted by molar-refractivity contribution is -0.384.